The van der Waals surface area contributed by atoms with Gasteiger partial charge in [0.25, 0.3) is 0 Å². The summed E-state index contributed by atoms with van der Waals surface area (Å²) in [7, 11) is 0. The molecule has 9 N–H and O–H groups in total. The largest absolute Gasteiger partial charge is 0.481 e. The number of carbonyl (C=O) groups is 5. The van der Waals surface area contributed by atoms with E-state index in [0.29, 0.717) is 11.4 Å². The molecular weight excluding hydrogens is 554 g/mol. The van der Waals surface area contributed by atoms with Crippen LogP contribution in [0.3, 0.4) is 0 Å². The van der Waals surface area contributed by atoms with Crippen LogP contribution >= 0.6 is 11.8 Å². The highest BCUT2D eigenvalue weighted by molar-refractivity contribution is 7.98. The molecule has 2 heterocycles. The number of fused-ring (bicyclic) bond motifs is 1. The third-order valence-electron chi connectivity index (χ3n) is 6.30. The van der Waals surface area contributed by atoms with Gasteiger partial charge in [0, 0.05) is 41.8 Å². The molecule has 0 aliphatic heterocycles. The SMILES string of the molecule is CSCCC(NC(=O)C(Cc1c[nH]c2ccccc12)NC(=O)C(N)Cc1cnc[nH]1)C(=O)NC(CC(=O)O)C(=O)O. The number of benzene rings is 1. The molecule has 2 aromatic heterocycles. The molecule has 1 aromatic carbocycles. The second-order valence-corrected chi connectivity index (χ2v) is 10.3. The molecule has 0 saturated heterocycles. The molecule has 0 bridgehead atoms. The number of carboxylic acids is 2. The number of H-pyrrole nitrogens is 2. The van der Waals surface area contributed by atoms with E-state index >= 15 is 0 Å². The zero-order chi connectivity index (χ0) is 29.9. The third kappa shape index (κ3) is 9.08. The highest BCUT2D eigenvalue weighted by Gasteiger charge is 2.31. The number of hydrogen-bond acceptors (Lipinski definition) is 8. The van der Waals surface area contributed by atoms with Crippen LogP contribution in [0.5, 0.6) is 0 Å². The molecule has 3 rings (SSSR count). The average molecular weight is 588 g/mol. The average Bonchev–Trinajstić information content (AvgIpc) is 3.59. The highest BCUT2D eigenvalue weighted by Crippen LogP contribution is 2.19. The number of amides is 3. The second-order valence-electron chi connectivity index (χ2n) is 9.35. The molecule has 220 valence electrons. The van der Waals surface area contributed by atoms with Gasteiger partial charge in [-0.25, -0.2) is 9.78 Å². The number of rotatable bonds is 16. The van der Waals surface area contributed by atoms with Crippen molar-refractivity contribution in [3.8, 4) is 0 Å². The van der Waals surface area contributed by atoms with Crippen molar-refractivity contribution < 1.29 is 34.2 Å². The fourth-order valence-electron chi connectivity index (χ4n) is 4.16. The number of carbonyl (C=O) groups excluding carboxylic acids is 3. The van der Waals surface area contributed by atoms with Crippen molar-refractivity contribution in [3.05, 3.63) is 54.2 Å². The summed E-state index contributed by atoms with van der Waals surface area (Å²) in [4.78, 5) is 72.0. The van der Waals surface area contributed by atoms with Gasteiger partial charge in [-0.1, -0.05) is 18.2 Å². The molecule has 0 aliphatic rings. The number of nitrogens with one attached hydrogen (secondary N) is 5. The summed E-state index contributed by atoms with van der Waals surface area (Å²) in [5.74, 6) is -4.64. The van der Waals surface area contributed by atoms with Crippen LogP contribution < -0.4 is 21.7 Å². The minimum atomic E-state index is -1.68. The molecule has 4 unspecified atom stereocenters. The first-order valence-electron chi connectivity index (χ1n) is 12.7. The third-order valence-corrected chi connectivity index (χ3v) is 6.94. The molecule has 15 heteroatoms. The zero-order valence-electron chi connectivity index (χ0n) is 22.3. The van der Waals surface area contributed by atoms with Gasteiger partial charge in [-0.2, -0.15) is 11.8 Å². The van der Waals surface area contributed by atoms with E-state index in [1.54, 1.807) is 12.5 Å². The maximum atomic E-state index is 13.6. The van der Waals surface area contributed by atoms with Crippen LogP contribution in [0.15, 0.2) is 43.0 Å². The first-order chi connectivity index (χ1) is 19.6. The molecule has 14 nitrogen and oxygen atoms in total. The Morgan fingerprint density at radius 2 is 1.63 bits per heavy atom. The summed E-state index contributed by atoms with van der Waals surface area (Å²) in [6, 6.07) is 2.41. The summed E-state index contributed by atoms with van der Waals surface area (Å²) < 4.78 is 0. The van der Waals surface area contributed by atoms with E-state index in [2.05, 4.69) is 30.9 Å². The minimum absolute atomic E-state index is 0.0615. The molecule has 0 saturated carbocycles. The van der Waals surface area contributed by atoms with Gasteiger partial charge in [0.15, 0.2) is 0 Å². The second kappa shape index (κ2) is 14.9. The van der Waals surface area contributed by atoms with Crippen molar-refractivity contribution in [1.29, 1.82) is 0 Å². The Morgan fingerprint density at radius 1 is 0.951 bits per heavy atom. The lowest BCUT2D eigenvalue weighted by atomic mass is 10.0. The van der Waals surface area contributed by atoms with Gasteiger partial charge in [-0.15, -0.1) is 0 Å². The number of carboxylic acid groups (broad SMARTS) is 2. The number of aliphatic carboxylic acids is 2. The molecule has 0 spiro atoms. The Balaban J connectivity index is 1.81. The van der Waals surface area contributed by atoms with Crippen molar-refractivity contribution in [2.24, 2.45) is 5.73 Å². The van der Waals surface area contributed by atoms with Gasteiger partial charge >= 0.3 is 11.9 Å². The van der Waals surface area contributed by atoms with Gasteiger partial charge in [0.1, 0.15) is 18.1 Å². The molecule has 0 fully saturated rings. The van der Waals surface area contributed by atoms with E-state index < -0.39 is 60.2 Å². The Kier molecular flexibility index (Phi) is 11.3. The molecule has 3 aromatic rings. The Labute approximate surface area is 239 Å². The summed E-state index contributed by atoms with van der Waals surface area (Å²) in [5.41, 5.74) is 8.29. The predicted octanol–water partition coefficient (Wildman–Crippen LogP) is -0.230. The van der Waals surface area contributed by atoms with Gasteiger partial charge < -0.3 is 41.9 Å². The Bertz CT molecular complexity index is 1360. The van der Waals surface area contributed by atoms with Crippen molar-refractivity contribution in [2.45, 2.75) is 49.9 Å². The van der Waals surface area contributed by atoms with E-state index in [1.807, 2.05) is 24.3 Å². The normalized spacial score (nSPS) is 14.0. The molecular formula is C26H33N7O7S. The van der Waals surface area contributed by atoms with Gasteiger partial charge in [-0.05, 0) is 30.1 Å². The number of para-hydroxylation sites is 1. The monoisotopic (exact) mass is 587 g/mol. The fourth-order valence-corrected chi connectivity index (χ4v) is 4.63. The molecule has 4 atom stereocenters. The van der Waals surface area contributed by atoms with E-state index in [-0.39, 0.29) is 19.3 Å². The number of aromatic nitrogens is 3. The van der Waals surface area contributed by atoms with Gasteiger partial charge in [0.05, 0.1) is 18.8 Å². The van der Waals surface area contributed by atoms with Crippen LogP contribution in [0.4, 0.5) is 0 Å². The molecule has 0 radical (unpaired) electrons. The molecule has 3 amide bonds. The maximum Gasteiger partial charge on any atom is 0.326 e. The lowest BCUT2D eigenvalue weighted by molar-refractivity contribution is -0.147. The predicted molar refractivity (Wildman–Crippen MR) is 151 cm³/mol. The van der Waals surface area contributed by atoms with Gasteiger partial charge in [-0.3, -0.25) is 19.2 Å². The number of nitrogens with two attached hydrogens (primary N) is 1. The van der Waals surface area contributed by atoms with Crippen LogP contribution in [0.2, 0.25) is 0 Å². The Morgan fingerprint density at radius 3 is 2.29 bits per heavy atom. The summed E-state index contributed by atoms with van der Waals surface area (Å²) in [6.07, 6.45) is 6.01. The van der Waals surface area contributed by atoms with Crippen LogP contribution in [0.1, 0.15) is 24.1 Å². The first kappa shape index (κ1) is 31.2. The minimum Gasteiger partial charge on any atom is -0.481 e. The van der Waals surface area contributed by atoms with E-state index in [9.17, 15) is 29.1 Å². The first-order valence-corrected chi connectivity index (χ1v) is 14.1. The van der Waals surface area contributed by atoms with Gasteiger partial charge in [0.2, 0.25) is 17.7 Å². The zero-order valence-corrected chi connectivity index (χ0v) is 23.1. The summed E-state index contributed by atoms with van der Waals surface area (Å²) >= 11 is 1.40. The number of nitrogens with zero attached hydrogens (tertiary/aromatic N) is 1. The number of hydrogen-bond donors (Lipinski definition) is 8. The van der Waals surface area contributed by atoms with Crippen LogP contribution in [-0.2, 0) is 36.8 Å². The summed E-state index contributed by atoms with van der Waals surface area (Å²) in [6.45, 7) is 0. The number of aromatic amines is 2. The standard InChI is InChI=1S/C26H33N7O7S/c1-41-7-6-19(24(37)33-21(26(39)40)10-22(34)35)31-25(38)20(8-14-11-29-18-5-3-2-4-16(14)18)32-23(36)17(27)9-15-12-28-13-30-15/h2-5,11-13,17,19-21,29H,6-10,27H2,1H3,(H,28,30)(H,31,38)(H,32,36)(H,33,37)(H,34,35)(H,39,40). The maximum absolute atomic E-state index is 13.6. The van der Waals surface area contributed by atoms with Crippen molar-refractivity contribution in [1.82, 2.24) is 30.9 Å². The Hall–Kier alpha value is -4.37. The highest BCUT2D eigenvalue weighted by atomic mass is 32.2. The number of thioether (sulfide) groups is 1. The van der Waals surface area contributed by atoms with Crippen molar-refractivity contribution in [2.75, 3.05) is 12.0 Å². The van der Waals surface area contributed by atoms with Crippen LogP contribution in [0.25, 0.3) is 10.9 Å². The van der Waals surface area contributed by atoms with Crippen molar-refractivity contribution >= 4 is 52.3 Å². The van der Waals surface area contributed by atoms with Crippen molar-refractivity contribution in [3.63, 3.8) is 0 Å². The topological polar surface area (TPSA) is 232 Å². The van der Waals surface area contributed by atoms with E-state index in [4.69, 9.17) is 10.8 Å². The molecule has 0 aliphatic carbocycles. The molecule has 41 heavy (non-hydrogen) atoms. The number of imidazole rings is 1. The lowest BCUT2D eigenvalue weighted by Crippen LogP contribution is -2.58. The summed E-state index contributed by atoms with van der Waals surface area (Å²) in [5, 5.41) is 26.7. The lowest BCUT2D eigenvalue weighted by Gasteiger charge is -2.25. The van der Waals surface area contributed by atoms with Crippen LogP contribution in [-0.4, -0.2) is 91.0 Å². The van der Waals surface area contributed by atoms with E-state index in [1.165, 1.54) is 24.3 Å². The smallest absolute Gasteiger partial charge is 0.326 e. The fraction of sp³-hybridized carbons (Fsp3) is 0.385. The van der Waals surface area contributed by atoms with Crippen LogP contribution in [0, 0.1) is 0 Å². The van der Waals surface area contributed by atoms with E-state index in [0.717, 1.165) is 16.5 Å². The quantitative estimate of drug-likeness (QED) is 0.110.